The van der Waals surface area contributed by atoms with Gasteiger partial charge in [-0.05, 0) is 29.8 Å². The molecule has 0 saturated heterocycles. The molecule has 2 atom stereocenters. The minimum Gasteiger partial charge on any atom is -0.460 e. The molecule has 0 spiro atoms. The first-order chi connectivity index (χ1) is 12.0. The van der Waals surface area contributed by atoms with Crippen molar-refractivity contribution in [2.24, 2.45) is 0 Å². The third kappa shape index (κ3) is 3.75. The lowest BCUT2D eigenvalue weighted by molar-refractivity contribution is -0.140. The van der Waals surface area contributed by atoms with Crippen molar-refractivity contribution >= 4 is 23.6 Å². The van der Waals surface area contributed by atoms with Gasteiger partial charge >= 0.3 is 5.97 Å². The highest BCUT2D eigenvalue weighted by Gasteiger charge is 2.31. The molecule has 0 N–H and O–H groups in total. The Balaban J connectivity index is 1.89. The molecule has 1 aliphatic heterocycles. The van der Waals surface area contributed by atoms with Gasteiger partial charge in [0.15, 0.2) is 6.17 Å². The van der Waals surface area contributed by atoms with Crippen LogP contribution in [-0.4, -0.2) is 25.5 Å². The van der Waals surface area contributed by atoms with Gasteiger partial charge in [0.2, 0.25) is 6.29 Å². The summed E-state index contributed by atoms with van der Waals surface area (Å²) < 4.78 is 42.9. The van der Waals surface area contributed by atoms with E-state index in [-0.39, 0.29) is 17.8 Å². The second kappa shape index (κ2) is 7.37. The first-order valence-corrected chi connectivity index (χ1v) is 8.08. The summed E-state index contributed by atoms with van der Waals surface area (Å²) in [5, 5.41) is 0. The number of rotatable bonds is 4. The molecule has 3 rings (SSSR count). The fourth-order valence-corrected chi connectivity index (χ4v) is 2.69. The Bertz CT molecular complexity index is 785. The van der Waals surface area contributed by atoms with Crippen molar-refractivity contribution in [2.45, 2.75) is 24.8 Å². The number of carbonyl (C=O) groups excluding carboxylic acids is 1. The summed E-state index contributed by atoms with van der Waals surface area (Å²) in [5.41, 5.74) is 1.51. The summed E-state index contributed by atoms with van der Waals surface area (Å²) in [6.45, 7) is 0. The van der Waals surface area contributed by atoms with Crippen LogP contribution in [0.1, 0.15) is 17.5 Å². The summed E-state index contributed by atoms with van der Waals surface area (Å²) in [6, 6.07) is 5.28. The monoisotopic (exact) mass is 368 g/mol. The number of alkyl halides is 2. The van der Waals surface area contributed by atoms with Crippen LogP contribution in [0.25, 0.3) is 6.08 Å². The van der Waals surface area contributed by atoms with Crippen molar-refractivity contribution < 1.29 is 27.8 Å². The third-order valence-corrected chi connectivity index (χ3v) is 4.11. The van der Waals surface area contributed by atoms with Gasteiger partial charge in [-0.1, -0.05) is 6.07 Å². The Morgan fingerprint density at radius 3 is 2.92 bits per heavy atom. The Kier molecular flexibility index (Phi) is 5.20. The minimum absolute atomic E-state index is 0.0461. The Hall–Kier alpha value is -2.18. The lowest BCUT2D eigenvalue weighted by atomic mass is 10.0. The maximum atomic E-state index is 13.8. The smallest absolute Gasteiger partial charge is 0.345 e. The maximum absolute atomic E-state index is 13.8. The van der Waals surface area contributed by atoms with Crippen molar-refractivity contribution in [3.05, 3.63) is 58.6 Å². The molecule has 0 saturated carbocycles. The standard InChI is InChI=1S/C18H15ClF2O4/c1-23-18-13(7-11-6-10(9-19)2-5-15(11)25-18)17(22)24-16-8-12(20)3-4-14(16)21/h2-3,5-8,14,18H,4,9H2,1H3. The molecule has 0 aromatic heterocycles. The van der Waals surface area contributed by atoms with Gasteiger partial charge in [-0.25, -0.2) is 13.6 Å². The normalized spacial score (nSPS) is 22.2. The lowest BCUT2D eigenvalue weighted by Crippen LogP contribution is -2.30. The third-order valence-electron chi connectivity index (χ3n) is 3.80. The van der Waals surface area contributed by atoms with Crippen molar-refractivity contribution in [1.29, 1.82) is 0 Å². The van der Waals surface area contributed by atoms with Gasteiger partial charge in [-0.3, -0.25) is 0 Å². The number of hydrogen-bond acceptors (Lipinski definition) is 4. The number of halogens is 3. The summed E-state index contributed by atoms with van der Waals surface area (Å²) >= 11 is 5.82. The van der Waals surface area contributed by atoms with E-state index in [9.17, 15) is 13.6 Å². The number of hydrogen-bond donors (Lipinski definition) is 0. The molecular weight excluding hydrogens is 354 g/mol. The zero-order chi connectivity index (χ0) is 18.0. The molecule has 1 aliphatic carbocycles. The van der Waals surface area contributed by atoms with Crippen molar-refractivity contribution in [3.63, 3.8) is 0 Å². The van der Waals surface area contributed by atoms with Gasteiger partial charge in [-0.15, -0.1) is 11.6 Å². The zero-order valence-corrected chi connectivity index (χ0v) is 14.1. The highest BCUT2D eigenvalue weighted by molar-refractivity contribution is 6.17. The molecule has 2 unspecified atom stereocenters. The fourth-order valence-electron chi connectivity index (χ4n) is 2.52. The van der Waals surface area contributed by atoms with Crippen LogP contribution >= 0.6 is 11.6 Å². The van der Waals surface area contributed by atoms with E-state index < -0.39 is 24.3 Å². The highest BCUT2D eigenvalue weighted by Crippen LogP contribution is 2.33. The Labute approximate surface area is 148 Å². The minimum atomic E-state index is -1.58. The van der Waals surface area contributed by atoms with E-state index in [4.69, 9.17) is 25.8 Å². The van der Waals surface area contributed by atoms with Crippen LogP contribution in [-0.2, 0) is 20.1 Å². The number of fused-ring (bicyclic) bond motifs is 1. The van der Waals surface area contributed by atoms with Gasteiger partial charge in [0.05, 0.1) is 0 Å². The fraction of sp³-hybridized carbons (Fsp3) is 0.278. The predicted molar refractivity (Wildman–Crippen MR) is 88.3 cm³/mol. The topological polar surface area (TPSA) is 44.8 Å². The van der Waals surface area contributed by atoms with Crippen LogP contribution in [0.4, 0.5) is 8.78 Å². The van der Waals surface area contributed by atoms with Gasteiger partial charge in [0, 0.05) is 31.1 Å². The van der Waals surface area contributed by atoms with Crippen molar-refractivity contribution in [3.8, 4) is 5.75 Å². The van der Waals surface area contributed by atoms with Gasteiger partial charge < -0.3 is 14.2 Å². The van der Waals surface area contributed by atoms with Crippen molar-refractivity contribution in [2.75, 3.05) is 7.11 Å². The van der Waals surface area contributed by atoms with Crippen LogP contribution in [0.5, 0.6) is 5.75 Å². The molecule has 0 radical (unpaired) electrons. The first kappa shape index (κ1) is 17.6. The molecule has 132 valence electrons. The average molecular weight is 369 g/mol. The summed E-state index contributed by atoms with van der Waals surface area (Å²) in [7, 11) is 1.37. The quantitative estimate of drug-likeness (QED) is 0.590. The van der Waals surface area contributed by atoms with E-state index in [1.807, 2.05) is 0 Å². The van der Waals surface area contributed by atoms with Crippen LogP contribution in [0.3, 0.4) is 0 Å². The Morgan fingerprint density at radius 2 is 2.20 bits per heavy atom. The van der Waals surface area contributed by atoms with Crippen LogP contribution in [0.2, 0.25) is 0 Å². The molecule has 4 nitrogen and oxygen atoms in total. The molecule has 0 amide bonds. The van der Waals surface area contributed by atoms with Gasteiger partial charge in [0.25, 0.3) is 0 Å². The molecule has 1 heterocycles. The van der Waals surface area contributed by atoms with E-state index in [0.29, 0.717) is 17.2 Å². The number of methoxy groups -OCH3 is 1. The second-order valence-electron chi connectivity index (χ2n) is 5.52. The van der Waals surface area contributed by atoms with E-state index in [1.54, 1.807) is 18.2 Å². The zero-order valence-electron chi connectivity index (χ0n) is 13.3. The summed E-state index contributed by atoms with van der Waals surface area (Å²) in [6.07, 6.45) is 0.712. The van der Waals surface area contributed by atoms with Crippen LogP contribution < -0.4 is 4.74 Å². The number of ether oxygens (including phenoxy) is 3. The molecule has 7 heteroatoms. The van der Waals surface area contributed by atoms with E-state index in [1.165, 1.54) is 13.2 Å². The van der Waals surface area contributed by atoms with E-state index in [0.717, 1.165) is 17.7 Å². The van der Waals surface area contributed by atoms with E-state index >= 15 is 0 Å². The number of carbonyl (C=O) groups is 1. The average Bonchev–Trinajstić information content (AvgIpc) is 2.62. The summed E-state index contributed by atoms with van der Waals surface area (Å²) in [4.78, 5) is 12.4. The lowest BCUT2D eigenvalue weighted by Gasteiger charge is -2.26. The molecule has 1 aromatic carbocycles. The van der Waals surface area contributed by atoms with Gasteiger partial charge in [0.1, 0.15) is 22.9 Å². The maximum Gasteiger partial charge on any atom is 0.345 e. The summed E-state index contributed by atoms with van der Waals surface area (Å²) in [5.74, 6) is -1.06. The van der Waals surface area contributed by atoms with Crippen LogP contribution in [0.15, 0.2) is 47.5 Å². The second-order valence-corrected chi connectivity index (χ2v) is 5.79. The van der Waals surface area contributed by atoms with Crippen molar-refractivity contribution in [1.82, 2.24) is 0 Å². The number of allylic oxidation sites excluding steroid dienone is 4. The number of esters is 1. The van der Waals surface area contributed by atoms with Gasteiger partial charge in [-0.2, -0.15) is 0 Å². The largest absolute Gasteiger partial charge is 0.460 e. The molecule has 0 fully saturated rings. The SMILES string of the molecule is COC1Oc2ccc(CCl)cc2C=C1C(=O)OC1=CC(F)=CCC1F. The predicted octanol–water partition coefficient (Wildman–Crippen LogP) is 4.20. The first-order valence-electron chi connectivity index (χ1n) is 7.55. The van der Waals surface area contributed by atoms with E-state index in [2.05, 4.69) is 0 Å². The number of benzene rings is 1. The molecule has 2 aliphatic rings. The molecule has 25 heavy (non-hydrogen) atoms. The highest BCUT2D eigenvalue weighted by atomic mass is 35.5. The molecule has 1 aromatic rings. The molecular formula is C18H15ClF2O4. The molecule has 0 bridgehead atoms. The van der Waals surface area contributed by atoms with Crippen LogP contribution in [0, 0.1) is 0 Å². The Morgan fingerprint density at radius 1 is 1.40 bits per heavy atom.